The van der Waals surface area contributed by atoms with E-state index in [1.807, 2.05) is 12.1 Å². The van der Waals surface area contributed by atoms with Crippen molar-refractivity contribution in [2.45, 2.75) is 59.0 Å². The summed E-state index contributed by atoms with van der Waals surface area (Å²) in [5.41, 5.74) is 2.28. The van der Waals surface area contributed by atoms with Gasteiger partial charge in [-0.25, -0.2) is 0 Å². The van der Waals surface area contributed by atoms with Gasteiger partial charge >= 0.3 is 0 Å². The van der Waals surface area contributed by atoms with Crippen LogP contribution in [0.3, 0.4) is 0 Å². The van der Waals surface area contributed by atoms with Crippen LogP contribution in [0.1, 0.15) is 63.7 Å². The predicted molar refractivity (Wildman–Crippen MR) is 80.1 cm³/mol. The van der Waals surface area contributed by atoms with Crippen LogP contribution in [-0.4, -0.2) is 16.8 Å². The van der Waals surface area contributed by atoms with E-state index in [0.717, 1.165) is 37.7 Å². The molecular weight excluding hydrogens is 236 g/mol. The molecule has 1 aromatic rings. The van der Waals surface area contributed by atoms with Crippen molar-refractivity contribution in [1.29, 1.82) is 0 Å². The lowest BCUT2D eigenvalue weighted by atomic mass is 9.82. The Labute approximate surface area is 117 Å². The molecule has 0 aliphatic rings. The van der Waals surface area contributed by atoms with Gasteiger partial charge in [0.05, 0.1) is 6.10 Å². The van der Waals surface area contributed by atoms with Crippen molar-refractivity contribution in [3.63, 3.8) is 0 Å². The van der Waals surface area contributed by atoms with E-state index < -0.39 is 0 Å². The monoisotopic (exact) mass is 264 g/mol. The third-order valence-electron chi connectivity index (χ3n) is 4.15. The second-order valence-electron chi connectivity index (χ2n) is 5.87. The maximum absolute atomic E-state index is 10.0. The Balaban J connectivity index is 2.67. The van der Waals surface area contributed by atoms with Crippen LogP contribution < -0.4 is 0 Å². The molecule has 2 unspecified atom stereocenters. The maximum atomic E-state index is 10.0. The summed E-state index contributed by atoms with van der Waals surface area (Å²) in [7, 11) is 0. The highest BCUT2D eigenvalue weighted by Gasteiger charge is 2.20. The predicted octanol–water partition coefficient (Wildman–Crippen LogP) is 3.86. The van der Waals surface area contributed by atoms with Gasteiger partial charge in [-0.1, -0.05) is 51.5 Å². The highest BCUT2D eigenvalue weighted by Crippen LogP contribution is 2.27. The smallest absolute Gasteiger partial charge is 0.0790 e. The fourth-order valence-electron chi connectivity index (χ4n) is 2.21. The van der Waals surface area contributed by atoms with Crippen LogP contribution >= 0.6 is 0 Å². The molecule has 1 rings (SSSR count). The van der Waals surface area contributed by atoms with Crippen molar-refractivity contribution >= 4 is 0 Å². The molecule has 0 aliphatic carbocycles. The summed E-state index contributed by atoms with van der Waals surface area (Å²) < 4.78 is 0. The van der Waals surface area contributed by atoms with Gasteiger partial charge in [0.1, 0.15) is 0 Å². The number of aliphatic hydroxyl groups is 2. The van der Waals surface area contributed by atoms with Crippen molar-refractivity contribution in [3.05, 3.63) is 35.4 Å². The van der Waals surface area contributed by atoms with E-state index in [-0.39, 0.29) is 18.1 Å². The van der Waals surface area contributed by atoms with Crippen LogP contribution in [0.2, 0.25) is 0 Å². The molecule has 0 bridgehead atoms. The summed E-state index contributed by atoms with van der Waals surface area (Å²) in [4.78, 5) is 0. The topological polar surface area (TPSA) is 40.5 Å². The van der Waals surface area contributed by atoms with Gasteiger partial charge in [0.2, 0.25) is 0 Å². The first kappa shape index (κ1) is 16.2. The van der Waals surface area contributed by atoms with Crippen LogP contribution in [0.25, 0.3) is 0 Å². The minimum atomic E-state index is -0.347. The number of hydrogen-bond donors (Lipinski definition) is 2. The Morgan fingerprint density at radius 3 is 2.58 bits per heavy atom. The lowest BCUT2D eigenvalue weighted by Gasteiger charge is -2.25. The zero-order valence-electron chi connectivity index (χ0n) is 12.5. The first-order valence-corrected chi connectivity index (χ1v) is 7.42. The van der Waals surface area contributed by atoms with E-state index in [9.17, 15) is 10.2 Å². The van der Waals surface area contributed by atoms with Gasteiger partial charge in [0.25, 0.3) is 0 Å². The molecule has 2 atom stereocenters. The molecule has 0 saturated heterocycles. The molecule has 0 heterocycles. The van der Waals surface area contributed by atoms with Crippen LogP contribution in [0, 0.1) is 5.41 Å². The fraction of sp³-hybridized carbons (Fsp3) is 0.647. The second kappa shape index (κ2) is 7.66. The van der Waals surface area contributed by atoms with Crippen LogP contribution in [0.4, 0.5) is 0 Å². The van der Waals surface area contributed by atoms with Gasteiger partial charge in [-0.3, -0.25) is 0 Å². The van der Waals surface area contributed by atoms with Crippen molar-refractivity contribution in [1.82, 2.24) is 0 Å². The summed E-state index contributed by atoms with van der Waals surface area (Å²) in [6.07, 6.45) is 4.38. The Kier molecular flexibility index (Phi) is 6.53. The van der Waals surface area contributed by atoms with Gasteiger partial charge < -0.3 is 10.2 Å². The van der Waals surface area contributed by atoms with Gasteiger partial charge in [-0.15, -0.1) is 0 Å². The molecule has 2 N–H and O–H groups in total. The maximum Gasteiger partial charge on any atom is 0.0790 e. The normalized spacial score (nSPS) is 16.1. The average Bonchev–Trinajstić information content (AvgIpc) is 2.45. The molecule has 0 spiro atoms. The molecular formula is C17H28O2. The standard InChI is InChI=1S/C17H28O2/c1-4-7-16(19)15-9-6-8-14(12-15)10-11-17(3,5-2)13-18/h6,8-9,12,16,18-19H,4-5,7,10-11,13H2,1-3H3. The first-order valence-electron chi connectivity index (χ1n) is 7.42. The van der Waals surface area contributed by atoms with E-state index in [4.69, 9.17) is 0 Å². The van der Waals surface area contributed by atoms with Crippen LogP contribution in [0.15, 0.2) is 24.3 Å². The zero-order valence-corrected chi connectivity index (χ0v) is 12.5. The van der Waals surface area contributed by atoms with Crippen molar-refractivity contribution in [3.8, 4) is 0 Å². The summed E-state index contributed by atoms with van der Waals surface area (Å²) in [5.74, 6) is 0. The lowest BCUT2D eigenvalue weighted by molar-refractivity contribution is 0.128. The van der Waals surface area contributed by atoms with Crippen molar-refractivity contribution < 1.29 is 10.2 Å². The quantitative estimate of drug-likeness (QED) is 0.748. The molecule has 0 aromatic heterocycles. The van der Waals surface area contributed by atoms with E-state index in [1.165, 1.54) is 5.56 Å². The third kappa shape index (κ3) is 4.96. The molecule has 0 amide bonds. The molecule has 1 aromatic carbocycles. The van der Waals surface area contributed by atoms with Gasteiger partial charge in [0, 0.05) is 6.61 Å². The number of aryl methyl sites for hydroxylation is 1. The Hall–Kier alpha value is -0.860. The molecule has 0 aliphatic heterocycles. The average molecular weight is 264 g/mol. The molecule has 0 fully saturated rings. The SMILES string of the molecule is CCCC(O)c1cccc(CCC(C)(CC)CO)c1. The highest BCUT2D eigenvalue weighted by molar-refractivity contribution is 5.25. The van der Waals surface area contributed by atoms with Gasteiger partial charge in [-0.2, -0.15) is 0 Å². The Morgan fingerprint density at radius 2 is 2.00 bits per heavy atom. The van der Waals surface area contributed by atoms with Gasteiger partial charge in [-0.05, 0) is 42.2 Å². The van der Waals surface area contributed by atoms with E-state index in [2.05, 4.69) is 32.9 Å². The number of rotatable bonds is 8. The molecule has 2 heteroatoms. The molecule has 0 radical (unpaired) electrons. The first-order chi connectivity index (χ1) is 9.04. The molecule has 2 nitrogen and oxygen atoms in total. The molecule has 108 valence electrons. The second-order valence-corrected chi connectivity index (χ2v) is 5.87. The molecule has 0 saturated carbocycles. The van der Waals surface area contributed by atoms with Gasteiger partial charge in [0.15, 0.2) is 0 Å². The number of aliphatic hydroxyl groups excluding tert-OH is 2. The summed E-state index contributed by atoms with van der Waals surface area (Å²) in [6.45, 7) is 6.57. The Bertz CT molecular complexity index is 369. The largest absolute Gasteiger partial charge is 0.396 e. The van der Waals surface area contributed by atoms with Crippen LogP contribution in [0.5, 0.6) is 0 Å². The fourth-order valence-corrected chi connectivity index (χ4v) is 2.21. The Morgan fingerprint density at radius 1 is 1.26 bits per heavy atom. The summed E-state index contributed by atoms with van der Waals surface area (Å²) in [6, 6.07) is 8.23. The number of hydrogen-bond acceptors (Lipinski definition) is 2. The highest BCUT2D eigenvalue weighted by atomic mass is 16.3. The van der Waals surface area contributed by atoms with E-state index in [1.54, 1.807) is 0 Å². The van der Waals surface area contributed by atoms with E-state index >= 15 is 0 Å². The minimum Gasteiger partial charge on any atom is -0.396 e. The molecule has 19 heavy (non-hydrogen) atoms. The van der Waals surface area contributed by atoms with Crippen molar-refractivity contribution in [2.24, 2.45) is 5.41 Å². The van der Waals surface area contributed by atoms with E-state index in [0.29, 0.717) is 0 Å². The van der Waals surface area contributed by atoms with Crippen LogP contribution in [-0.2, 0) is 6.42 Å². The van der Waals surface area contributed by atoms with Crippen molar-refractivity contribution in [2.75, 3.05) is 6.61 Å². The summed E-state index contributed by atoms with van der Waals surface area (Å²) in [5, 5.41) is 19.5. The third-order valence-corrected chi connectivity index (χ3v) is 4.15. The summed E-state index contributed by atoms with van der Waals surface area (Å²) >= 11 is 0. The lowest BCUT2D eigenvalue weighted by Crippen LogP contribution is -2.21. The number of benzene rings is 1. The minimum absolute atomic E-state index is 0.0119. The zero-order chi connectivity index (χ0) is 14.3.